The summed E-state index contributed by atoms with van der Waals surface area (Å²) in [5, 5.41) is 9.70. The Bertz CT molecular complexity index is 622. The molecule has 1 saturated heterocycles. The van der Waals surface area contributed by atoms with Gasteiger partial charge in [-0.15, -0.1) is 12.4 Å². The van der Waals surface area contributed by atoms with E-state index in [1.165, 1.54) is 0 Å². The fourth-order valence-electron chi connectivity index (χ4n) is 2.23. The number of carbonyl (C=O) groups is 1. The van der Waals surface area contributed by atoms with Gasteiger partial charge in [0.05, 0.1) is 6.54 Å². The molecule has 1 fully saturated rings. The number of halogens is 1. The number of hydrogen-bond donors (Lipinski definition) is 3. The molecule has 2 heterocycles. The van der Waals surface area contributed by atoms with E-state index in [1.54, 1.807) is 0 Å². The highest BCUT2D eigenvalue weighted by Crippen LogP contribution is 2.19. The van der Waals surface area contributed by atoms with Gasteiger partial charge in [-0.05, 0) is 37.1 Å². The topological polar surface area (TPSA) is 106 Å². The Balaban J connectivity index is 0.00000176. The number of carbonyl (C=O) groups excluding carboxylic acids is 1. The lowest BCUT2D eigenvalue weighted by Gasteiger charge is -2.10. The number of nitrogens with two attached hydrogens (primary N) is 1. The number of ether oxygens (including phenoxy) is 1. The number of nitrogens with one attached hydrogen (secondary N) is 2. The number of anilines is 1. The molecule has 2 aromatic rings. The van der Waals surface area contributed by atoms with E-state index >= 15 is 0 Å². The summed E-state index contributed by atoms with van der Waals surface area (Å²) >= 11 is 0. The van der Waals surface area contributed by atoms with E-state index in [2.05, 4.69) is 20.5 Å². The Hall–Kier alpha value is -1.96. The molecule has 0 aliphatic carbocycles. The van der Waals surface area contributed by atoms with E-state index in [-0.39, 0.29) is 24.4 Å². The smallest absolute Gasteiger partial charge is 0.253 e. The van der Waals surface area contributed by atoms with Crippen molar-refractivity contribution in [2.75, 3.05) is 11.9 Å². The van der Waals surface area contributed by atoms with Crippen LogP contribution < -0.4 is 11.1 Å². The van der Waals surface area contributed by atoms with Gasteiger partial charge in [0.25, 0.3) is 5.91 Å². The molecular formula is C14H18ClN5O2. The van der Waals surface area contributed by atoms with Crippen molar-refractivity contribution < 1.29 is 9.53 Å². The second kappa shape index (κ2) is 7.35. The first-order chi connectivity index (χ1) is 10.3. The molecule has 0 radical (unpaired) electrons. The molecule has 118 valence electrons. The lowest BCUT2D eigenvalue weighted by Crippen LogP contribution is -2.26. The molecule has 1 aromatic carbocycles. The molecule has 1 amide bonds. The third-order valence-electron chi connectivity index (χ3n) is 3.36. The molecule has 1 atom stereocenters. The van der Waals surface area contributed by atoms with Gasteiger partial charge in [0.2, 0.25) is 0 Å². The molecule has 1 aliphatic rings. The average molecular weight is 324 g/mol. The highest BCUT2D eigenvalue weighted by molar-refractivity contribution is 5.94. The average Bonchev–Trinajstić information content (AvgIpc) is 3.19. The fourth-order valence-corrected chi connectivity index (χ4v) is 2.23. The zero-order chi connectivity index (χ0) is 14.7. The van der Waals surface area contributed by atoms with Gasteiger partial charge < -0.3 is 15.8 Å². The molecule has 1 unspecified atom stereocenters. The highest BCUT2D eigenvalue weighted by Gasteiger charge is 2.23. The predicted octanol–water partition coefficient (Wildman–Crippen LogP) is 1.47. The quantitative estimate of drug-likeness (QED) is 0.790. The van der Waals surface area contributed by atoms with Crippen LogP contribution >= 0.6 is 12.4 Å². The summed E-state index contributed by atoms with van der Waals surface area (Å²) in [7, 11) is 0. The molecule has 8 heteroatoms. The lowest BCUT2D eigenvalue weighted by atomic mass is 10.2. The first-order valence-corrected chi connectivity index (χ1v) is 6.90. The highest BCUT2D eigenvalue weighted by atomic mass is 35.5. The SMILES string of the molecule is Cl.NCc1nc(-c2ccc(NC(=O)C3CCCO3)cc2)n[nH]1. The van der Waals surface area contributed by atoms with E-state index < -0.39 is 0 Å². The van der Waals surface area contributed by atoms with Crippen LogP contribution in [0, 0.1) is 0 Å². The standard InChI is InChI=1S/C14H17N5O2.ClH/c15-8-12-17-13(19-18-12)9-3-5-10(6-4-9)16-14(20)11-2-1-7-21-11;/h3-6,11H,1-2,7-8,15H2,(H,16,20)(H,17,18,19);1H. The molecule has 1 aliphatic heterocycles. The molecular weight excluding hydrogens is 306 g/mol. The van der Waals surface area contributed by atoms with Crippen LogP contribution in [0.3, 0.4) is 0 Å². The molecule has 7 nitrogen and oxygen atoms in total. The van der Waals surface area contributed by atoms with Crippen LogP contribution in [0.2, 0.25) is 0 Å². The van der Waals surface area contributed by atoms with Gasteiger partial charge in [0, 0.05) is 17.9 Å². The zero-order valence-corrected chi connectivity index (χ0v) is 12.7. The van der Waals surface area contributed by atoms with Crippen molar-refractivity contribution >= 4 is 24.0 Å². The Kier molecular flexibility index (Phi) is 5.48. The van der Waals surface area contributed by atoms with Gasteiger partial charge >= 0.3 is 0 Å². The number of rotatable bonds is 4. The summed E-state index contributed by atoms with van der Waals surface area (Å²) in [6, 6.07) is 7.35. The van der Waals surface area contributed by atoms with Gasteiger partial charge in [0.1, 0.15) is 11.9 Å². The van der Waals surface area contributed by atoms with Gasteiger partial charge in [-0.2, -0.15) is 5.10 Å². The van der Waals surface area contributed by atoms with Crippen LogP contribution in [-0.2, 0) is 16.1 Å². The second-order valence-corrected chi connectivity index (χ2v) is 4.88. The fraction of sp³-hybridized carbons (Fsp3) is 0.357. The number of aromatic amines is 1. The first kappa shape index (κ1) is 16.4. The zero-order valence-electron chi connectivity index (χ0n) is 11.9. The Morgan fingerprint density at radius 3 is 2.77 bits per heavy atom. The van der Waals surface area contributed by atoms with Crippen LogP contribution in [0.4, 0.5) is 5.69 Å². The van der Waals surface area contributed by atoms with Crippen molar-refractivity contribution in [3.63, 3.8) is 0 Å². The summed E-state index contributed by atoms with van der Waals surface area (Å²) in [5.74, 6) is 1.14. The maximum Gasteiger partial charge on any atom is 0.253 e. The second-order valence-electron chi connectivity index (χ2n) is 4.88. The van der Waals surface area contributed by atoms with Crippen molar-refractivity contribution in [2.45, 2.75) is 25.5 Å². The number of hydrogen-bond acceptors (Lipinski definition) is 5. The van der Waals surface area contributed by atoms with Crippen LogP contribution in [0.25, 0.3) is 11.4 Å². The third-order valence-corrected chi connectivity index (χ3v) is 3.36. The summed E-state index contributed by atoms with van der Waals surface area (Å²) in [6.45, 7) is 0.980. The Morgan fingerprint density at radius 2 is 2.18 bits per heavy atom. The van der Waals surface area contributed by atoms with Gasteiger partial charge in [0.15, 0.2) is 5.82 Å². The van der Waals surface area contributed by atoms with E-state index in [4.69, 9.17) is 10.5 Å². The van der Waals surface area contributed by atoms with Gasteiger partial charge in [-0.3, -0.25) is 9.89 Å². The van der Waals surface area contributed by atoms with E-state index in [0.717, 1.165) is 24.1 Å². The monoisotopic (exact) mass is 323 g/mol. The number of nitrogens with zero attached hydrogens (tertiary/aromatic N) is 2. The van der Waals surface area contributed by atoms with Crippen molar-refractivity contribution in [1.82, 2.24) is 15.2 Å². The van der Waals surface area contributed by atoms with Crippen LogP contribution in [0.1, 0.15) is 18.7 Å². The normalized spacial score (nSPS) is 17.0. The van der Waals surface area contributed by atoms with Crippen LogP contribution in [-0.4, -0.2) is 33.8 Å². The number of benzene rings is 1. The van der Waals surface area contributed by atoms with Crippen molar-refractivity contribution in [2.24, 2.45) is 5.73 Å². The van der Waals surface area contributed by atoms with Crippen molar-refractivity contribution in [1.29, 1.82) is 0 Å². The Morgan fingerprint density at radius 1 is 1.41 bits per heavy atom. The summed E-state index contributed by atoms with van der Waals surface area (Å²) < 4.78 is 5.35. The number of aromatic nitrogens is 3. The molecule has 1 aromatic heterocycles. The van der Waals surface area contributed by atoms with Crippen LogP contribution in [0.15, 0.2) is 24.3 Å². The molecule has 3 rings (SSSR count). The summed E-state index contributed by atoms with van der Waals surface area (Å²) in [5.41, 5.74) is 7.08. The van der Waals surface area contributed by atoms with Crippen molar-refractivity contribution in [3.05, 3.63) is 30.1 Å². The predicted molar refractivity (Wildman–Crippen MR) is 84.6 cm³/mol. The molecule has 0 bridgehead atoms. The number of amides is 1. The molecule has 4 N–H and O–H groups in total. The maximum absolute atomic E-state index is 11.9. The molecule has 0 saturated carbocycles. The van der Waals surface area contributed by atoms with Crippen molar-refractivity contribution in [3.8, 4) is 11.4 Å². The van der Waals surface area contributed by atoms with E-state index in [9.17, 15) is 4.79 Å². The van der Waals surface area contributed by atoms with E-state index in [0.29, 0.717) is 24.8 Å². The lowest BCUT2D eigenvalue weighted by molar-refractivity contribution is -0.124. The summed E-state index contributed by atoms with van der Waals surface area (Å²) in [4.78, 5) is 16.2. The first-order valence-electron chi connectivity index (χ1n) is 6.90. The van der Waals surface area contributed by atoms with Gasteiger partial charge in [-0.1, -0.05) is 0 Å². The van der Waals surface area contributed by atoms with Crippen LogP contribution in [0.5, 0.6) is 0 Å². The summed E-state index contributed by atoms with van der Waals surface area (Å²) in [6.07, 6.45) is 1.39. The minimum atomic E-state index is -0.329. The Labute approximate surface area is 134 Å². The minimum Gasteiger partial charge on any atom is -0.368 e. The third kappa shape index (κ3) is 3.62. The van der Waals surface area contributed by atoms with Gasteiger partial charge in [-0.25, -0.2) is 4.98 Å². The maximum atomic E-state index is 11.9. The molecule has 22 heavy (non-hydrogen) atoms. The number of H-pyrrole nitrogens is 1. The largest absolute Gasteiger partial charge is 0.368 e. The minimum absolute atomic E-state index is 0. The van der Waals surface area contributed by atoms with E-state index in [1.807, 2.05) is 24.3 Å². The molecule has 0 spiro atoms.